The van der Waals surface area contributed by atoms with Gasteiger partial charge < -0.3 is 15.2 Å². The smallest absolute Gasteiger partial charge is 0.410 e. The highest BCUT2D eigenvalue weighted by molar-refractivity contribution is 5.89. The second-order valence-corrected chi connectivity index (χ2v) is 6.81. The van der Waals surface area contributed by atoms with Gasteiger partial charge in [-0.05, 0) is 38.7 Å². The molecule has 2 atom stereocenters. The number of carboxylic acid groups (broad SMARTS) is 1. The van der Waals surface area contributed by atoms with Crippen LogP contribution in [0.25, 0.3) is 0 Å². The SMILES string of the molecule is CC(C)=CC[C@H](NC(=O)[C@H]1CCCN1C(=O)OCc1ccccc1)C(=O)O. The molecule has 0 radical (unpaired) electrons. The van der Waals surface area contributed by atoms with Crippen molar-refractivity contribution in [3.05, 3.63) is 47.5 Å². The molecule has 27 heavy (non-hydrogen) atoms. The minimum Gasteiger partial charge on any atom is -0.480 e. The Morgan fingerprint density at radius 1 is 1.30 bits per heavy atom. The lowest BCUT2D eigenvalue weighted by atomic mass is 10.1. The fourth-order valence-electron chi connectivity index (χ4n) is 2.90. The highest BCUT2D eigenvalue weighted by atomic mass is 16.6. The van der Waals surface area contributed by atoms with Crippen LogP contribution in [-0.2, 0) is 20.9 Å². The number of amides is 2. The van der Waals surface area contributed by atoms with E-state index in [9.17, 15) is 19.5 Å². The Hall–Kier alpha value is -2.83. The van der Waals surface area contributed by atoms with Crippen molar-refractivity contribution in [3.63, 3.8) is 0 Å². The predicted molar refractivity (Wildman–Crippen MR) is 100.0 cm³/mol. The van der Waals surface area contributed by atoms with E-state index in [1.165, 1.54) is 4.90 Å². The molecule has 1 aromatic carbocycles. The third kappa shape index (κ3) is 6.13. The summed E-state index contributed by atoms with van der Waals surface area (Å²) in [7, 11) is 0. The number of rotatable bonds is 7. The van der Waals surface area contributed by atoms with E-state index in [1.807, 2.05) is 44.2 Å². The molecule has 0 aliphatic carbocycles. The van der Waals surface area contributed by atoms with Crippen LogP contribution in [0.3, 0.4) is 0 Å². The van der Waals surface area contributed by atoms with Gasteiger partial charge in [-0.15, -0.1) is 0 Å². The Morgan fingerprint density at radius 3 is 2.63 bits per heavy atom. The minimum atomic E-state index is -1.10. The van der Waals surface area contributed by atoms with Crippen molar-refractivity contribution in [1.82, 2.24) is 10.2 Å². The third-order valence-corrected chi connectivity index (χ3v) is 4.37. The summed E-state index contributed by atoms with van der Waals surface area (Å²) in [6.07, 6.45) is 2.56. The molecule has 7 nitrogen and oxygen atoms in total. The molecule has 1 aromatic rings. The summed E-state index contributed by atoms with van der Waals surface area (Å²) in [5.41, 5.74) is 1.83. The molecule has 1 aliphatic heterocycles. The van der Waals surface area contributed by atoms with Crippen molar-refractivity contribution < 1.29 is 24.2 Å². The number of carbonyl (C=O) groups excluding carboxylic acids is 2. The van der Waals surface area contributed by atoms with E-state index in [2.05, 4.69) is 5.32 Å². The molecule has 0 bridgehead atoms. The van der Waals surface area contributed by atoms with Crippen molar-refractivity contribution >= 4 is 18.0 Å². The van der Waals surface area contributed by atoms with Crippen LogP contribution >= 0.6 is 0 Å². The zero-order valence-electron chi connectivity index (χ0n) is 15.7. The number of likely N-dealkylation sites (tertiary alicyclic amines) is 1. The molecular weight excluding hydrogens is 348 g/mol. The van der Waals surface area contributed by atoms with Gasteiger partial charge >= 0.3 is 12.1 Å². The number of hydrogen-bond donors (Lipinski definition) is 2. The van der Waals surface area contributed by atoms with Crippen molar-refractivity contribution in [2.45, 2.75) is 51.8 Å². The molecule has 0 unspecified atom stereocenters. The van der Waals surface area contributed by atoms with Crippen LogP contribution in [-0.4, -0.2) is 46.6 Å². The lowest BCUT2D eigenvalue weighted by Gasteiger charge is -2.24. The highest BCUT2D eigenvalue weighted by Crippen LogP contribution is 2.19. The van der Waals surface area contributed by atoms with Crippen LogP contribution in [0.2, 0.25) is 0 Å². The van der Waals surface area contributed by atoms with Crippen molar-refractivity contribution in [3.8, 4) is 0 Å². The monoisotopic (exact) mass is 374 g/mol. The van der Waals surface area contributed by atoms with E-state index in [-0.39, 0.29) is 13.0 Å². The van der Waals surface area contributed by atoms with E-state index in [4.69, 9.17) is 4.74 Å². The molecule has 2 rings (SSSR count). The maximum absolute atomic E-state index is 12.5. The lowest BCUT2D eigenvalue weighted by Crippen LogP contribution is -2.50. The number of nitrogens with one attached hydrogen (secondary N) is 1. The minimum absolute atomic E-state index is 0.128. The molecule has 0 saturated carbocycles. The van der Waals surface area contributed by atoms with E-state index < -0.39 is 30.1 Å². The van der Waals surface area contributed by atoms with Crippen LogP contribution in [0.15, 0.2) is 42.0 Å². The van der Waals surface area contributed by atoms with Crippen molar-refractivity contribution in [2.75, 3.05) is 6.54 Å². The average molecular weight is 374 g/mol. The normalized spacial score (nSPS) is 17.1. The van der Waals surface area contributed by atoms with Gasteiger partial charge in [0.05, 0.1) is 0 Å². The number of nitrogens with zero attached hydrogens (tertiary/aromatic N) is 1. The first-order valence-electron chi connectivity index (χ1n) is 9.02. The Kier molecular flexibility index (Phi) is 7.40. The first kappa shape index (κ1) is 20.5. The summed E-state index contributed by atoms with van der Waals surface area (Å²) in [4.78, 5) is 37.7. The zero-order valence-corrected chi connectivity index (χ0v) is 15.7. The number of ether oxygens (including phenoxy) is 1. The number of hydrogen-bond acceptors (Lipinski definition) is 4. The second kappa shape index (κ2) is 9.75. The summed E-state index contributed by atoms with van der Waals surface area (Å²) in [5, 5.41) is 11.9. The van der Waals surface area contributed by atoms with Crippen LogP contribution < -0.4 is 5.32 Å². The standard InChI is InChI=1S/C20H26N2O5/c1-14(2)10-11-16(19(24)25)21-18(23)17-9-6-12-22(17)20(26)27-13-15-7-4-3-5-8-15/h3-5,7-8,10,16-17H,6,9,11-13H2,1-2H3,(H,21,23)(H,24,25)/t16-,17+/m0/s1. The maximum Gasteiger partial charge on any atom is 0.410 e. The Labute approximate surface area is 159 Å². The molecule has 7 heteroatoms. The first-order valence-corrected chi connectivity index (χ1v) is 9.02. The fourth-order valence-corrected chi connectivity index (χ4v) is 2.90. The number of aliphatic carboxylic acids is 1. The topological polar surface area (TPSA) is 95.9 Å². The molecule has 2 amide bonds. The highest BCUT2D eigenvalue weighted by Gasteiger charge is 2.36. The molecule has 2 N–H and O–H groups in total. The van der Waals surface area contributed by atoms with Gasteiger partial charge in [0, 0.05) is 6.54 Å². The van der Waals surface area contributed by atoms with Gasteiger partial charge in [-0.3, -0.25) is 9.69 Å². The van der Waals surface area contributed by atoms with E-state index >= 15 is 0 Å². The predicted octanol–water partition coefficient (Wildman–Crippen LogP) is 2.71. The average Bonchev–Trinajstić information content (AvgIpc) is 3.13. The molecular formula is C20H26N2O5. The van der Waals surface area contributed by atoms with Gasteiger partial charge in [0.25, 0.3) is 0 Å². The molecule has 1 fully saturated rings. The molecule has 1 heterocycles. The summed E-state index contributed by atoms with van der Waals surface area (Å²) >= 11 is 0. The summed E-state index contributed by atoms with van der Waals surface area (Å²) in [5.74, 6) is -1.56. The number of carbonyl (C=O) groups is 3. The largest absolute Gasteiger partial charge is 0.480 e. The zero-order chi connectivity index (χ0) is 19.8. The van der Waals surface area contributed by atoms with Crippen molar-refractivity contribution in [1.29, 1.82) is 0 Å². The Balaban J connectivity index is 1.95. The van der Waals surface area contributed by atoms with Gasteiger partial charge in [0.15, 0.2) is 0 Å². The van der Waals surface area contributed by atoms with Crippen LogP contribution in [0.5, 0.6) is 0 Å². The number of allylic oxidation sites excluding steroid dienone is 1. The van der Waals surface area contributed by atoms with Gasteiger partial charge in [-0.2, -0.15) is 0 Å². The Morgan fingerprint density at radius 2 is 2.00 bits per heavy atom. The van der Waals surface area contributed by atoms with E-state index in [0.717, 1.165) is 11.1 Å². The van der Waals surface area contributed by atoms with Gasteiger partial charge in [0.1, 0.15) is 18.7 Å². The van der Waals surface area contributed by atoms with Crippen LogP contribution in [0, 0.1) is 0 Å². The molecule has 1 saturated heterocycles. The summed E-state index contributed by atoms with van der Waals surface area (Å²) in [6.45, 7) is 4.27. The molecule has 0 aromatic heterocycles. The summed E-state index contributed by atoms with van der Waals surface area (Å²) < 4.78 is 5.30. The summed E-state index contributed by atoms with van der Waals surface area (Å²) in [6, 6.07) is 7.56. The Bertz CT molecular complexity index is 698. The number of carboxylic acids is 1. The van der Waals surface area contributed by atoms with Gasteiger partial charge in [-0.25, -0.2) is 9.59 Å². The van der Waals surface area contributed by atoms with Gasteiger partial charge in [0.2, 0.25) is 5.91 Å². The van der Waals surface area contributed by atoms with E-state index in [1.54, 1.807) is 6.08 Å². The maximum atomic E-state index is 12.5. The second-order valence-electron chi connectivity index (χ2n) is 6.81. The fraction of sp³-hybridized carbons (Fsp3) is 0.450. The quantitative estimate of drug-likeness (QED) is 0.716. The van der Waals surface area contributed by atoms with Crippen LogP contribution in [0.4, 0.5) is 4.79 Å². The molecule has 146 valence electrons. The lowest BCUT2D eigenvalue weighted by molar-refractivity contribution is -0.142. The van der Waals surface area contributed by atoms with Gasteiger partial charge in [-0.1, -0.05) is 42.0 Å². The molecule has 1 aliphatic rings. The third-order valence-electron chi connectivity index (χ3n) is 4.37. The van der Waals surface area contributed by atoms with E-state index in [0.29, 0.717) is 19.4 Å². The first-order chi connectivity index (χ1) is 12.9. The van der Waals surface area contributed by atoms with Crippen LogP contribution in [0.1, 0.15) is 38.7 Å². The number of benzene rings is 1. The molecule has 0 spiro atoms. The van der Waals surface area contributed by atoms with Crippen molar-refractivity contribution in [2.24, 2.45) is 0 Å².